The van der Waals surface area contributed by atoms with Crippen molar-refractivity contribution in [3.05, 3.63) is 59.2 Å². The average Bonchev–Trinajstić information content (AvgIpc) is 2.46. The topological polar surface area (TPSA) is 38.7 Å². The zero-order chi connectivity index (χ0) is 14.1. The second-order valence-corrected chi connectivity index (χ2v) is 5.18. The molecule has 2 aromatic carbocycles. The molecule has 0 saturated heterocycles. The molecular formula is C17H18O3. The summed E-state index contributed by atoms with van der Waals surface area (Å²) in [6.45, 7) is 2.06. The van der Waals surface area contributed by atoms with Gasteiger partial charge in [-0.15, -0.1) is 0 Å². The van der Waals surface area contributed by atoms with Gasteiger partial charge in [0, 0.05) is 18.1 Å². The van der Waals surface area contributed by atoms with E-state index in [1.54, 1.807) is 7.11 Å². The predicted octanol–water partition coefficient (Wildman–Crippen LogP) is 3.56. The van der Waals surface area contributed by atoms with E-state index in [1.165, 1.54) is 5.56 Å². The minimum atomic E-state index is -0.504. The summed E-state index contributed by atoms with van der Waals surface area (Å²) in [7, 11) is 1.62. The lowest BCUT2D eigenvalue weighted by molar-refractivity contribution is 0.0654. The van der Waals surface area contributed by atoms with E-state index in [0.29, 0.717) is 12.2 Å². The van der Waals surface area contributed by atoms with Gasteiger partial charge in [-0.05, 0) is 24.6 Å². The Morgan fingerprint density at radius 2 is 2.05 bits per heavy atom. The number of aliphatic hydroxyl groups excluding tert-OH is 1. The van der Waals surface area contributed by atoms with Crippen LogP contribution in [-0.2, 0) is 0 Å². The maximum absolute atomic E-state index is 10.3. The van der Waals surface area contributed by atoms with Crippen molar-refractivity contribution in [2.45, 2.75) is 25.6 Å². The summed E-state index contributed by atoms with van der Waals surface area (Å²) in [6.07, 6.45) is -0.0531. The van der Waals surface area contributed by atoms with Gasteiger partial charge in [-0.25, -0.2) is 0 Å². The van der Waals surface area contributed by atoms with Gasteiger partial charge in [-0.2, -0.15) is 0 Å². The third-order valence-electron chi connectivity index (χ3n) is 3.70. The molecule has 0 bridgehead atoms. The third kappa shape index (κ3) is 2.37. The molecule has 0 radical (unpaired) electrons. The fourth-order valence-electron chi connectivity index (χ4n) is 2.62. The van der Waals surface area contributed by atoms with Crippen LogP contribution in [0.3, 0.4) is 0 Å². The first kappa shape index (κ1) is 13.0. The number of hydrogen-bond acceptors (Lipinski definition) is 3. The Bertz CT molecular complexity index is 621. The van der Waals surface area contributed by atoms with Crippen LogP contribution >= 0.6 is 0 Å². The minimum absolute atomic E-state index is 0.121. The van der Waals surface area contributed by atoms with E-state index in [0.717, 1.165) is 16.9 Å². The summed E-state index contributed by atoms with van der Waals surface area (Å²) >= 11 is 0. The van der Waals surface area contributed by atoms with Crippen molar-refractivity contribution in [3.63, 3.8) is 0 Å². The molecule has 2 aromatic rings. The molecule has 104 valence electrons. The van der Waals surface area contributed by atoms with Gasteiger partial charge in [0.2, 0.25) is 0 Å². The molecule has 0 fully saturated rings. The average molecular weight is 270 g/mol. The number of aryl methyl sites for hydroxylation is 1. The Hall–Kier alpha value is -2.00. The minimum Gasteiger partial charge on any atom is -0.497 e. The second-order valence-electron chi connectivity index (χ2n) is 5.18. The van der Waals surface area contributed by atoms with Gasteiger partial charge in [0.1, 0.15) is 17.6 Å². The highest BCUT2D eigenvalue weighted by atomic mass is 16.5. The van der Waals surface area contributed by atoms with E-state index >= 15 is 0 Å². The van der Waals surface area contributed by atoms with E-state index in [-0.39, 0.29) is 6.10 Å². The van der Waals surface area contributed by atoms with Crippen molar-refractivity contribution in [3.8, 4) is 11.5 Å². The van der Waals surface area contributed by atoms with Crippen LogP contribution in [-0.4, -0.2) is 12.2 Å². The van der Waals surface area contributed by atoms with Crippen LogP contribution in [0.2, 0.25) is 0 Å². The molecule has 0 spiro atoms. The maximum Gasteiger partial charge on any atom is 0.129 e. The molecule has 0 amide bonds. The Kier molecular flexibility index (Phi) is 3.36. The summed E-state index contributed by atoms with van der Waals surface area (Å²) in [5.41, 5.74) is 3.12. The van der Waals surface area contributed by atoms with Gasteiger partial charge >= 0.3 is 0 Å². The molecule has 1 aliphatic heterocycles. The van der Waals surface area contributed by atoms with Gasteiger partial charge in [-0.3, -0.25) is 0 Å². The fraction of sp³-hybridized carbons (Fsp3) is 0.294. The standard InChI is InChI=1S/C17H18O3/c1-11-4-3-5-12(8-11)16-10-15(18)14-7-6-13(19-2)9-17(14)20-16/h3-9,15-16,18H,10H2,1-2H3/t15-,16?/m0/s1. The molecule has 20 heavy (non-hydrogen) atoms. The van der Waals surface area contributed by atoms with Crippen molar-refractivity contribution >= 4 is 0 Å². The molecule has 0 aromatic heterocycles. The van der Waals surface area contributed by atoms with Crippen LogP contribution in [0.1, 0.15) is 35.3 Å². The summed E-state index contributed by atoms with van der Waals surface area (Å²) in [5.74, 6) is 1.44. The monoisotopic (exact) mass is 270 g/mol. The zero-order valence-corrected chi connectivity index (χ0v) is 11.7. The summed E-state index contributed by atoms with van der Waals surface area (Å²) in [5, 5.41) is 10.3. The summed E-state index contributed by atoms with van der Waals surface area (Å²) in [4.78, 5) is 0. The van der Waals surface area contributed by atoms with E-state index < -0.39 is 6.10 Å². The Labute approximate surface area is 118 Å². The van der Waals surface area contributed by atoms with E-state index in [4.69, 9.17) is 9.47 Å². The molecule has 1 aliphatic rings. The number of fused-ring (bicyclic) bond motifs is 1. The lowest BCUT2D eigenvalue weighted by Gasteiger charge is -2.30. The number of benzene rings is 2. The largest absolute Gasteiger partial charge is 0.497 e. The van der Waals surface area contributed by atoms with Gasteiger partial charge in [0.05, 0.1) is 13.2 Å². The van der Waals surface area contributed by atoms with Crippen LogP contribution in [0.15, 0.2) is 42.5 Å². The highest BCUT2D eigenvalue weighted by molar-refractivity contribution is 5.44. The first-order chi connectivity index (χ1) is 9.67. The lowest BCUT2D eigenvalue weighted by atomic mass is 9.94. The first-order valence-electron chi connectivity index (χ1n) is 6.76. The predicted molar refractivity (Wildman–Crippen MR) is 77.1 cm³/mol. The quantitative estimate of drug-likeness (QED) is 0.906. The summed E-state index contributed by atoms with van der Waals surface area (Å²) in [6, 6.07) is 13.8. The molecule has 3 nitrogen and oxygen atoms in total. The molecular weight excluding hydrogens is 252 g/mol. The van der Waals surface area contributed by atoms with E-state index in [1.807, 2.05) is 30.3 Å². The highest BCUT2D eigenvalue weighted by Crippen LogP contribution is 2.42. The van der Waals surface area contributed by atoms with Gasteiger partial charge in [0.15, 0.2) is 0 Å². The number of aliphatic hydroxyl groups is 1. The van der Waals surface area contributed by atoms with Crippen LogP contribution in [0.5, 0.6) is 11.5 Å². The number of methoxy groups -OCH3 is 1. The van der Waals surface area contributed by atoms with Gasteiger partial charge in [-0.1, -0.05) is 29.8 Å². The number of hydrogen-bond donors (Lipinski definition) is 1. The number of ether oxygens (including phenoxy) is 2. The first-order valence-corrected chi connectivity index (χ1v) is 6.76. The SMILES string of the molecule is COc1ccc2c(c1)OC(c1cccc(C)c1)C[C@@H]2O. The van der Waals surface area contributed by atoms with Crippen LogP contribution in [0, 0.1) is 6.92 Å². The highest BCUT2D eigenvalue weighted by Gasteiger charge is 2.28. The lowest BCUT2D eigenvalue weighted by Crippen LogP contribution is -2.19. The van der Waals surface area contributed by atoms with Crippen molar-refractivity contribution in [1.82, 2.24) is 0 Å². The molecule has 2 atom stereocenters. The smallest absolute Gasteiger partial charge is 0.129 e. The van der Waals surface area contributed by atoms with Crippen LogP contribution in [0.25, 0.3) is 0 Å². The van der Waals surface area contributed by atoms with Gasteiger partial charge < -0.3 is 14.6 Å². The van der Waals surface area contributed by atoms with E-state index in [2.05, 4.69) is 19.1 Å². The zero-order valence-electron chi connectivity index (χ0n) is 11.7. The van der Waals surface area contributed by atoms with Crippen molar-refractivity contribution in [1.29, 1.82) is 0 Å². The van der Waals surface area contributed by atoms with Crippen LogP contribution in [0.4, 0.5) is 0 Å². The molecule has 3 rings (SSSR count). The van der Waals surface area contributed by atoms with Gasteiger partial charge in [0.25, 0.3) is 0 Å². The van der Waals surface area contributed by atoms with Crippen molar-refractivity contribution in [2.75, 3.05) is 7.11 Å². The number of rotatable bonds is 2. The molecule has 1 heterocycles. The fourth-order valence-corrected chi connectivity index (χ4v) is 2.62. The maximum atomic E-state index is 10.3. The van der Waals surface area contributed by atoms with E-state index in [9.17, 15) is 5.11 Å². The molecule has 0 aliphatic carbocycles. The Morgan fingerprint density at radius 1 is 1.20 bits per heavy atom. The molecule has 1 unspecified atom stereocenters. The third-order valence-corrected chi connectivity index (χ3v) is 3.70. The van der Waals surface area contributed by atoms with Crippen LogP contribution < -0.4 is 9.47 Å². The second kappa shape index (κ2) is 5.17. The van der Waals surface area contributed by atoms with Crippen molar-refractivity contribution in [2.24, 2.45) is 0 Å². The molecule has 1 N–H and O–H groups in total. The normalized spacial score (nSPS) is 20.9. The molecule has 0 saturated carbocycles. The van der Waals surface area contributed by atoms with Crippen molar-refractivity contribution < 1.29 is 14.6 Å². The molecule has 3 heteroatoms. The Balaban J connectivity index is 1.95. The Morgan fingerprint density at radius 3 is 2.80 bits per heavy atom. The summed E-state index contributed by atoms with van der Waals surface area (Å²) < 4.78 is 11.3.